The molecule has 2 rings (SSSR count). The van der Waals surface area contributed by atoms with Crippen molar-refractivity contribution in [1.82, 2.24) is 5.32 Å². The van der Waals surface area contributed by atoms with Crippen molar-refractivity contribution >= 4 is 23.5 Å². The monoisotopic (exact) mass is 421 g/mol. The fourth-order valence-electron chi connectivity index (χ4n) is 2.53. The van der Waals surface area contributed by atoms with E-state index in [4.69, 9.17) is 30.5 Å². The van der Waals surface area contributed by atoms with Gasteiger partial charge in [0.2, 0.25) is 0 Å². The van der Waals surface area contributed by atoms with E-state index in [9.17, 15) is 9.59 Å². The molecular weight excluding hydrogens is 398 g/mol. The summed E-state index contributed by atoms with van der Waals surface area (Å²) >= 11 is 5.87. The number of rotatable bonds is 10. The van der Waals surface area contributed by atoms with Gasteiger partial charge in [0, 0.05) is 11.6 Å². The Bertz CT molecular complexity index is 855. The van der Waals surface area contributed by atoms with Crippen LogP contribution in [0.5, 0.6) is 17.2 Å². The fourth-order valence-corrected chi connectivity index (χ4v) is 2.76. The molecule has 0 heterocycles. The minimum absolute atomic E-state index is 0.290. The first-order chi connectivity index (χ1) is 13.9. The second-order valence-corrected chi connectivity index (χ2v) is 6.58. The Morgan fingerprint density at radius 3 is 2.38 bits per heavy atom. The number of esters is 1. The van der Waals surface area contributed by atoms with Crippen molar-refractivity contribution < 1.29 is 28.5 Å². The lowest BCUT2D eigenvalue weighted by atomic mass is 10.1. The molecule has 8 heteroatoms. The molecule has 0 radical (unpaired) electrons. The molecule has 1 amide bonds. The van der Waals surface area contributed by atoms with Crippen molar-refractivity contribution in [2.75, 3.05) is 34.0 Å². The Morgan fingerprint density at radius 2 is 1.69 bits per heavy atom. The van der Waals surface area contributed by atoms with Gasteiger partial charge in [-0.2, -0.15) is 0 Å². The first kappa shape index (κ1) is 22.4. The molecule has 156 valence electrons. The maximum absolute atomic E-state index is 11.8. The van der Waals surface area contributed by atoms with E-state index in [-0.39, 0.29) is 19.1 Å². The van der Waals surface area contributed by atoms with Crippen molar-refractivity contribution in [3.8, 4) is 17.2 Å². The van der Waals surface area contributed by atoms with Crippen molar-refractivity contribution in [3.63, 3.8) is 0 Å². The Hall–Kier alpha value is -2.93. The van der Waals surface area contributed by atoms with Crippen molar-refractivity contribution in [1.29, 1.82) is 0 Å². The summed E-state index contributed by atoms with van der Waals surface area (Å²) in [7, 11) is 3.14. The van der Waals surface area contributed by atoms with E-state index >= 15 is 0 Å². The van der Waals surface area contributed by atoms with Gasteiger partial charge in [0.15, 0.2) is 24.7 Å². The first-order valence-corrected chi connectivity index (χ1v) is 9.33. The highest BCUT2D eigenvalue weighted by Crippen LogP contribution is 2.27. The van der Waals surface area contributed by atoms with Crippen LogP contribution in [0.4, 0.5) is 0 Å². The molecule has 0 spiro atoms. The molecular formula is C21H24ClNO6. The molecule has 0 aliphatic heterocycles. The van der Waals surface area contributed by atoms with Gasteiger partial charge in [0.05, 0.1) is 14.2 Å². The molecule has 0 aliphatic carbocycles. The van der Waals surface area contributed by atoms with Gasteiger partial charge in [-0.25, -0.2) is 4.79 Å². The van der Waals surface area contributed by atoms with Gasteiger partial charge in [-0.15, -0.1) is 0 Å². The highest BCUT2D eigenvalue weighted by molar-refractivity contribution is 6.30. The van der Waals surface area contributed by atoms with Crippen LogP contribution in [-0.4, -0.2) is 45.9 Å². The summed E-state index contributed by atoms with van der Waals surface area (Å²) in [6, 6.07) is 10.6. The summed E-state index contributed by atoms with van der Waals surface area (Å²) in [4.78, 5) is 23.6. The highest BCUT2D eigenvalue weighted by atomic mass is 35.5. The molecule has 0 fully saturated rings. The van der Waals surface area contributed by atoms with Gasteiger partial charge in [0.25, 0.3) is 5.91 Å². The Kier molecular flexibility index (Phi) is 8.61. The molecule has 0 atom stereocenters. The lowest BCUT2D eigenvalue weighted by Crippen LogP contribution is -2.31. The number of methoxy groups -OCH3 is 2. The van der Waals surface area contributed by atoms with Crippen LogP contribution in [0.15, 0.2) is 36.4 Å². The van der Waals surface area contributed by atoms with Crippen LogP contribution in [-0.2, 0) is 20.7 Å². The maximum atomic E-state index is 11.8. The number of halogens is 1. The molecule has 2 aromatic rings. The summed E-state index contributed by atoms with van der Waals surface area (Å²) in [5, 5.41) is 3.28. The summed E-state index contributed by atoms with van der Waals surface area (Å²) in [5.41, 5.74) is 1.78. The topological polar surface area (TPSA) is 83.1 Å². The van der Waals surface area contributed by atoms with E-state index in [2.05, 4.69) is 5.32 Å². The summed E-state index contributed by atoms with van der Waals surface area (Å²) in [6.45, 7) is 1.56. The van der Waals surface area contributed by atoms with Crippen LogP contribution in [0.1, 0.15) is 11.1 Å². The third-order valence-electron chi connectivity index (χ3n) is 4.03. The average molecular weight is 422 g/mol. The van der Waals surface area contributed by atoms with Gasteiger partial charge in [-0.1, -0.05) is 17.7 Å². The average Bonchev–Trinajstić information content (AvgIpc) is 2.71. The zero-order valence-corrected chi connectivity index (χ0v) is 17.4. The summed E-state index contributed by atoms with van der Waals surface area (Å²) in [6.07, 6.45) is 0.596. The van der Waals surface area contributed by atoms with Gasteiger partial charge in [0.1, 0.15) is 5.75 Å². The van der Waals surface area contributed by atoms with E-state index in [1.807, 2.05) is 19.1 Å². The minimum Gasteiger partial charge on any atom is -0.493 e. The second-order valence-electron chi connectivity index (χ2n) is 6.15. The number of carbonyl (C=O) groups is 2. The van der Waals surface area contributed by atoms with Crippen LogP contribution in [0.2, 0.25) is 5.02 Å². The smallest absolute Gasteiger partial charge is 0.344 e. The molecule has 0 bridgehead atoms. The molecule has 1 N–H and O–H groups in total. The van der Waals surface area contributed by atoms with Crippen LogP contribution in [0.25, 0.3) is 0 Å². The minimum atomic E-state index is -0.630. The van der Waals surface area contributed by atoms with Crippen LogP contribution >= 0.6 is 11.6 Å². The fraction of sp³-hybridized carbons (Fsp3) is 0.333. The van der Waals surface area contributed by atoms with Gasteiger partial charge < -0.3 is 24.3 Å². The lowest BCUT2D eigenvalue weighted by molar-refractivity contribution is -0.150. The molecule has 7 nitrogen and oxygen atoms in total. The van der Waals surface area contributed by atoms with Crippen molar-refractivity contribution in [3.05, 3.63) is 52.5 Å². The molecule has 0 saturated carbocycles. The molecule has 0 unspecified atom stereocenters. The number of carbonyl (C=O) groups excluding carboxylic acids is 2. The summed E-state index contributed by atoms with van der Waals surface area (Å²) in [5.74, 6) is 0.783. The van der Waals surface area contributed by atoms with Crippen molar-refractivity contribution in [2.45, 2.75) is 13.3 Å². The zero-order valence-electron chi connectivity index (χ0n) is 16.6. The van der Waals surface area contributed by atoms with Gasteiger partial charge >= 0.3 is 5.97 Å². The Morgan fingerprint density at radius 1 is 0.966 bits per heavy atom. The first-order valence-electron chi connectivity index (χ1n) is 8.95. The summed E-state index contributed by atoms with van der Waals surface area (Å²) < 4.78 is 20.7. The number of amides is 1. The number of nitrogens with one attached hydrogen (secondary N) is 1. The zero-order chi connectivity index (χ0) is 21.2. The number of hydrogen-bond donors (Lipinski definition) is 1. The number of benzene rings is 2. The van der Waals surface area contributed by atoms with E-state index in [1.165, 1.54) is 0 Å². The Labute approximate surface area is 174 Å². The third-order valence-corrected chi connectivity index (χ3v) is 4.27. The van der Waals surface area contributed by atoms with Gasteiger partial charge in [-0.3, -0.25) is 4.79 Å². The van der Waals surface area contributed by atoms with E-state index < -0.39 is 5.97 Å². The van der Waals surface area contributed by atoms with Crippen LogP contribution in [0.3, 0.4) is 0 Å². The van der Waals surface area contributed by atoms with Crippen LogP contribution in [0, 0.1) is 6.92 Å². The third kappa shape index (κ3) is 7.19. The Balaban J connectivity index is 1.68. The SMILES string of the molecule is COc1ccc(CCNC(=O)COC(=O)COc2ccc(Cl)cc2C)cc1OC. The number of hydrogen-bond acceptors (Lipinski definition) is 6. The quantitative estimate of drug-likeness (QED) is 0.594. The molecule has 0 aromatic heterocycles. The molecule has 29 heavy (non-hydrogen) atoms. The van der Waals surface area contributed by atoms with Crippen LogP contribution < -0.4 is 19.5 Å². The highest BCUT2D eigenvalue weighted by Gasteiger charge is 2.10. The van der Waals surface area contributed by atoms with E-state index in [1.54, 1.807) is 38.5 Å². The normalized spacial score (nSPS) is 10.2. The molecule has 0 aliphatic rings. The molecule has 2 aromatic carbocycles. The molecule has 0 saturated heterocycles. The van der Waals surface area contributed by atoms with Crippen molar-refractivity contribution in [2.24, 2.45) is 0 Å². The second kappa shape index (κ2) is 11.2. The predicted octanol–water partition coefficient (Wildman–Crippen LogP) is 2.95. The van der Waals surface area contributed by atoms with E-state index in [0.29, 0.717) is 35.2 Å². The standard InChI is InChI=1S/C21H24ClNO6/c1-14-10-16(22)5-7-17(14)28-13-21(25)29-12-20(24)23-9-8-15-4-6-18(26-2)19(11-15)27-3/h4-7,10-11H,8-9,12-13H2,1-3H3,(H,23,24). The maximum Gasteiger partial charge on any atom is 0.344 e. The largest absolute Gasteiger partial charge is 0.493 e. The number of aryl methyl sites for hydroxylation is 1. The van der Waals surface area contributed by atoms with Gasteiger partial charge in [-0.05, 0) is 54.8 Å². The number of ether oxygens (including phenoxy) is 4. The predicted molar refractivity (Wildman–Crippen MR) is 109 cm³/mol. The lowest BCUT2D eigenvalue weighted by Gasteiger charge is -2.11. The van der Waals surface area contributed by atoms with E-state index in [0.717, 1.165) is 11.1 Å².